The molecular weight excluding hydrogens is 1220 g/mol. The third kappa shape index (κ3) is 11.7. The lowest BCUT2D eigenvalue weighted by Crippen LogP contribution is -2.61. The van der Waals surface area contributed by atoms with Gasteiger partial charge >= 0.3 is 0 Å². The van der Waals surface area contributed by atoms with E-state index in [9.17, 15) is 0 Å². The molecule has 3 heteroatoms. The van der Waals surface area contributed by atoms with E-state index in [2.05, 4.69) is 409 Å². The van der Waals surface area contributed by atoms with Gasteiger partial charge in [-0.15, -0.1) is 0 Å². The molecule has 0 atom stereocenters. The molecule has 0 bridgehead atoms. The summed E-state index contributed by atoms with van der Waals surface area (Å²) < 4.78 is 0. The van der Waals surface area contributed by atoms with Crippen molar-refractivity contribution in [3.8, 4) is 111 Å². The van der Waals surface area contributed by atoms with Crippen molar-refractivity contribution in [2.24, 2.45) is 0 Å². The quantitative estimate of drug-likeness (QED) is 0.113. The molecule has 0 saturated heterocycles. The van der Waals surface area contributed by atoms with Gasteiger partial charge in [-0.05, 0) is 176 Å². The highest BCUT2D eigenvalue weighted by atomic mass is 15.2. The Labute approximate surface area is 595 Å². The Bertz CT molecular complexity index is 5040. The normalized spacial score (nSPS) is 12.4. The summed E-state index contributed by atoms with van der Waals surface area (Å²) in [6.45, 7) is 13.6. The minimum atomic E-state index is -0.224. The Hall–Kier alpha value is -12.0. The summed E-state index contributed by atoms with van der Waals surface area (Å²) in [6, 6.07) is 134. The van der Waals surface area contributed by atoms with E-state index in [0.29, 0.717) is 0 Å². The Morgan fingerprint density at radius 1 is 0.198 bits per heavy atom. The van der Waals surface area contributed by atoms with Crippen LogP contribution in [0.3, 0.4) is 0 Å². The van der Waals surface area contributed by atoms with E-state index < -0.39 is 0 Å². The van der Waals surface area contributed by atoms with Crippen LogP contribution in [0.25, 0.3) is 111 Å². The Kier molecular flexibility index (Phi) is 15.9. The molecule has 2 aliphatic rings. The van der Waals surface area contributed by atoms with Crippen LogP contribution in [0.5, 0.6) is 0 Å². The number of benzene rings is 15. The first kappa shape index (κ1) is 62.5. The van der Waals surface area contributed by atoms with Gasteiger partial charge in [-0.1, -0.05) is 351 Å². The molecule has 0 radical (unpaired) electrons. The maximum absolute atomic E-state index is 2.66. The van der Waals surface area contributed by atoms with Crippen LogP contribution in [0.2, 0.25) is 0 Å². The first-order chi connectivity index (χ1) is 49.4. The van der Waals surface area contributed by atoms with Gasteiger partial charge in [0.05, 0.1) is 11.4 Å². The van der Waals surface area contributed by atoms with Crippen LogP contribution >= 0.6 is 0 Å². The predicted molar refractivity (Wildman–Crippen MR) is 432 cm³/mol. The molecule has 0 fully saturated rings. The van der Waals surface area contributed by atoms with Crippen molar-refractivity contribution in [2.45, 2.75) is 52.4 Å². The van der Waals surface area contributed by atoms with Crippen molar-refractivity contribution in [2.75, 3.05) is 9.80 Å². The van der Waals surface area contributed by atoms with Crippen LogP contribution in [-0.2, 0) is 10.8 Å². The lowest BCUT2D eigenvalue weighted by atomic mass is 9.33. The van der Waals surface area contributed by atoms with Crippen molar-refractivity contribution >= 4 is 57.2 Å². The van der Waals surface area contributed by atoms with E-state index in [0.717, 1.165) is 101 Å². The highest BCUT2D eigenvalue weighted by molar-refractivity contribution is 7.00. The second-order valence-corrected chi connectivity index (χ2v) is 29.2. The van der Waals surface area contributed by atoms with E-state index in [4.69, 9.17) is 0 Å². The summed E-state index contributed by atoms with van der Waals surface area (Å²) in [7, 11) is 0. The Morgan fingerprint density at radius 3 is 0.733 bits per heavy atom. The average Bonchev–Trinajstić information content (AvgIpc) is 0.692. The summed E-state index contributed by atoms with van der Waals surface area (Å²) in [5, 5.41) is 0. The highest BCUT2D eigenvalue weighted by Gasteiger charge is 2.45. The van der Waals surface area contributed by atoms with E-state index >= 15 is 0 Å². The Morgan fingerprint density at radius 2 is 0.436 bits per heavy atom. The fraction of sp³-hybridized carbons (Fsp3) is 0.0816. The molecule has 17 rings (SSSR count). The molecule has 15 aromatic rings. The number of hydrogen-bond acceptors (Lipinski definition) is 2. The van der Waals surface area contributed by atoms with Gasteiger partial charge in [-0.2, -0.15) is 0 Å². The second kappa shape index (κ2) is 25.7. The molecule has 0 aromatic heterocycles. The lowest BCUT2D eigenvalue weighted by Gasteiger charge is -2.45. The largest absolute Gasteiger partial charge is 0.310 e. The van der Waals surface area contributed by atoms with Crippen molar-refractivity contribution in [3.05, 3.63) is 369 Å². The monoisotopic (exact) mass is 1290 g/mol. The van der Waals surface area contributed by atoms with Gasteiger partial charge in [0.15, 0.2) is 0 Å². The average molecular weight is 1290 g/mol. The zero-order valence-electron chi connectivity index (χ0n) is 58.0. The topological polar surface area (TPSA) is 6.48 Å². The second-order valence-electron chi connectivity index (χ2n) is 29.2. The van der Waals surface area contributed by atoms with Crippen molar-refractivity contribution in [3.63, 3.8) is 0 Å². The predicted octanol–water partition coefficient (Wildman–Crippen LogP) is 25.0. The third-order valence-electron chi connectivity index (χ3n) is 20.8. The van der Waals surface area contributed by atoms with Gasteiger partial charge in [0.25, 0.3) is 6.71 Å². The van der Waals surface area contributed by atoms with Gasteiger partial charge in [0, 0.05) is 45.0 Å². The molecule has 2 nitrogen and oxygen atoms in total. The van der Waals surface area contributed by atoms with E-state index in [1.54, 1.807) is 0 Å². The number of para-hydroxylation sites is 2. The van der Waals surface area contributed by atoms with Crippen LogP contribution < -0.4 is 26.2 Å². The highest BCUT2D eigenvalue weighted by Crippen LogP contribution is 2.54. The molecule has 0 unspecified atom stereocenters. The molecule has 2 aliphatic heterocycles. The van der Waals surface area contributed by atoms with Crippen LogP contribution in [0.15, 0.2) is 358 Å². The minimum Gasteiger partial charge on any atom is -0.310 e. The Balaban J connectivity index is 0.988. The number of hydrogen-bond donors (Lipinski definition) is 0. The number of nitrogens with zero attached hydrogens (tertiary/aromatic N) is 2. The maximum Gasteiger partial charge on any atom is 0.252 e. The summed E-state index contributed by atoms with van der Waals surface area (Å²) in [5.41, 5.74) is 36.2. The summed E-state index contributed by atoms with van der Waals surface area (Å²) in [4.78, 5) is 5.31. The summed E-state index contributed by atoms with van der Waals surface area (Å²) in [5.74, 6) is 0. The van der Waals surface area contributed by atoms with Crippen LogP contribution in [0, 0.1) is 0 Å². The zero-order valence-corrected chi connectivity index (χ0v) is 58.0. The van der Waals surface area contributed by atoms with Gasteiger partial charge in [0.2, 0.25) is 0 Å². The van der Waals surface area contributed by atoms with E-state index in [1.165, 1.54) is 72.0 Å². The van der Waals surface area contributed by atoms with Crippen LogP contribution in [0.4, 0.5) is 34.1 Å². The molecule has 0 saturated carbocycles. The standard InChI is InChI=1S/C98H77BN2/c1-97(2,3)82-54-48-70(49-55-82)76-52-58-90-88(64-76)99-89-65-77(71-50-56-83(57-51-71)98(4,5)6)53-59-91(89)101(96-86(80-40-21-36-74(62-80)68-30-15-9-16-31-68)44-24-45-87(96)81-41-22-37-75(63-81)69-32-17-10-18-33-69)93-47-25-46-92(94(93)99)100(90)95-84(78-38-19-34-72(60-78)66-26-11-7-12-27-66)42-23-43-85(95)79-39-20-35-73(61-79)67-28-13-8-14-29-67/h7-65H,1-6H3. The first-order valence-corrected chi connectivity index (χ1v) is 35.5. The van der Waals surface area contributed by atoms with Gasteiger partial charge in [-0.25, -0.2) is 0 Å². The molecule has 15 aromatic carbocycles. The molecular formula is C98H77BN2. The van der Waals surface area contributed by atoms with E-state index in [1.807, 2.05) is 0 Å². The molecule has 0 N–H and O–H groups in total. The van der Waals surface area contributed by atoms with Crippen molar-refractivity contribution < 1.29 is 0 Å². The smallest absolute Gasteiger partial charge is 0.252 e. The van der Waals surface area contributed by atoms with Gasteiger partial charge in [0.1, 0.15) is 0 Å². The SMILES string of the molecule is CC(C)(C)c1ccc(-c2ccc3c(c2)B2c4cc(-c5ccc(C(C)(C)C)cc5)ccc4N(c4c(-c5cccc(-c6ccccc6)c5)cccc4-c4cccc(-c5ccccc5)c4)c4cccc(c42)N3c2c(-c3cccc(-c4ccccc4)c3)cccc2-c2cccc(-c3ccccc3)c2)cc1. The molecule has 2 heterocycles. The maximum atomic E-state index is 2.66. The van der Waals surface area contributed by atoms with Crippen LogP contribution in [-0.4, -0.2) is 6.71 Å². The molecule has 0 spiro atoms. The zero-order chi connectivity index (χ0) is 68.3. The van der Waals surface area contributed by atoms with E-state index in [-0.39, 0.29) is 17.5 Å². The van der Waals surface area contributed by atoms with Gasteiger partial charge < -0.3 is 9.80 Å². The minimum absolute atomic E-state index is 0.00233. The summed E-state index contributed by atoms with van der Waals surface area (Å²) in [6.07, 6.45) is 0. The summed E-state index contributed by atoms with van der Waals surface area (Å²) >= 11 is 0. The molecule has 0 amide bonds. The number of anilines is 6. The lowest BCUT2D eigenvalue weighted by molar-refractivity contribution is 0.590. The molecule has 101 heavy (non-hydrogen) atoms. The fourth-order valence-electron chi connectivity index (χ4n) is 15.6. The number of rotatable bonds is 12. The molecule has 482 valence electrons. The van der Waals surface area contributed by atoms with Crippen molar-refractivity contribution in [1.82, 2.24) is 0 Å². The van der Waals surface area contributed by atoms with Crippen LogP contribution in [0.1, 0.15) is 52.7 Å². The van der Waals surface area contributed by atoms with Crippen molar-refractivity contribution in [1.29, 1.82) is 0 Å². The fourth-order valence-corrected chi connectivity index (χ4v) is 15.6. The van der Waals surface area contributed by atoms with Gasteiger partial charge in [-0.3, -0.25) is 0 Å². The molecule has 0 aliphatic carbocycles. The number of fused-ring (bicyclic) bond motifs is 4. The third-order valence-corrected chi connectivity index (χ3v) is 20.8. The first-order valence-electron chi connectivity index (χ1n) is 35.5.